The third-order valence-corrected chi connectivity index (χ3v) is 6.81. The first-order valence-electron chi connectivity index (χ1n) is 11.7. The molecule has 17 nitrogen and oxygen atoms in total. The molecule has 0 aromatic heterocycles. The number of aliphatic hydroxyl groups excluding tert-OH is 10. The smallest absolute Gasteiger partial charge is 0.187 e. The Morgan fingerprint density at radius 1 is 0.405 bits per heavy atom. The van der Waals surface area contributed by atoms with Gasteiger partial charge in [-0.3, -0.25) is 0 Å². The third-order valence-electron chi connectivity index (χ3n) is 6.81. The molecule has 10 N–H and O–H groups in total. The monoisotopic (exact) mass is 546 g/mol. The highest BCUT2D eigenvalue weighted by Crippen LogP contribution is 2.35. The van der Waals surface area contributed by atoms with Gasteiger partial charge in [-0.25, -0.2) is 0 Å². The first-order chi connectivity index (χ1) is 17.6. The molecule has 17 heteroatoms. The van der Waals surface area contributed by atoms with Crippen LogP contribution < -0.4 is 0 Å². The van der Waals surface area contributed by atoms with Crippen molar-refractivity contribution in [2.75, 3.05) is 26.4 Å². The highest BCUT2D eigenvalue weighted by molar-refractivity contribution is 4.96. The molecule has 0 spiro atoms. The Morgan fingerprint density at radius 3 is 1.19 bits per heavy atom. The Labute approximate surface area is 209 Å². The molecule has 0 saturated carbocycles. The van der Waals surface area contributed by atoms with E-state index in [-0.39, 0.29) is 0 Å². The van der Waals surface area contributed by atoms with Gasteiger partial charge in [0, 0.05) is 0 Å². The molecule has 0 amide bonds. The molecule has 0 aromatic carbocycles. The maximum atomic E-state index is 10.7. The zero-order chi connectivity index (χ0) is 27.0. The molecular weight excluding hydrogens is 512 g/mol. The van der Waals surface area contributed by atoms with Crippen LogP contribution in [0, 0.1) is 0 Å². The minimum absolute atomic E-state index is 0.623. The molecule has 0 bridgehead atoms. The highest BCUT2D eigenvalue weighted by atomic mass is 16.8. The molecule has 0 aromatic rings. The summed E-state index contributed by atoms with van der Waals surface area (Å²) >= 11 is 0. The van der Waals surface area contributed by atoms with E-state index in [2.05, 4.69) is 0 Å². The van der Waals surface area contributed by atoms with Crippen molar-refractivity contribution < 1.29 is 84.2 Å². The number of rotatable bonds is 10. The van der Waals surface area contributed by atoms with Crippen LogP contribution in [-0.4, -0.2) is 176 Å². The molecule has 216 valence electrons. The molecule has 0 unspecified atom stereocenters. The Kier molecular flexibility index (Phi) is 9.69. The van der Waals surface area contributed by atoms with Crippen molar-refractivity contribution in [1.82, 2.24) is 0 Å². The van der Waals surface area contributed by atoms with E-state index in [1.165, 1.54) is 0 Å². The maximum Gasteiger partial charge on any atom is 0.187 e. The molecule has 4 aliphatic heterocycles. The van der Waals surface area contributed by atoms with Gasteiger partial charge in [0.1, 0.15) is 73.2 Å². The summed E-state index contributed by atoms with van der Waals surface area (Å²) in [5.41, 5.74) is 0. The van der Waals surface area contributed by atoms with Gasteiger partial charge >= 0.3 is 0 Å². The van der Waals surface area contributed by atoms with Crippen LogP contribution in [0.15, 0.2) is 0 Å². The van der Waals surface area contributed by atoms with E-state index < -0.39 is 125 Å². The fourth-order valence-corrected chi connectivity index (χ4v) is 4.67. The standard InChI is InChI=1S/C20H34O17/c21-1-5-9(25)13(29)18(32-5)36-15-11(27)7(3-23)34-20(15)37-16-12(28)8(4-24)33-19(16)35-14-10(26)6(2-22)31-17(14)30/h5-30H,1-4H2/t5-,6-,7-,8-,9-,10-,11-,12-,13+,14+,15+,16+,17+,18+,19+,20+/m0/s1. The number of ether oxygens (including phenoxy) is 7. The van der Waals surface area contributed by atoms with Gasteiger partial charge in [0.25, 0.3) is 0 Å². The van der Waals surface area contributed by atoms with Crippen LogP contribution in [0.2, 0.25) is 0 Å². The van der Waals surface area contributed by atoms with E-state index in [9.17, 15) is 51.1 Å². The summed E-state index contributed by atoms with van der Waals surface area (Å²) in [7, 11) is 0. The van der Waals surface area contributed by atoms with Crippen molar-refractivity contribution in [3.63, 3.8) is 0 Å². The van der Waals surface area contributed by atoms with E-state index >= 15 is 0 Å². The lowest BCUT2D eigenvalue weighted by Gasteiger charge is -2.30. The molecule has 4 rings (SSSR count). The van der Waals surface area contributed by atoms with Crippen molar-refractivity contribution in [2.24, 2.45) is 0 Å². The summed E-state index contributed by atoms with van der Waals surface area (Å²) in [6, 6.07) is 0. The predicted octanol–water partition coefficient (Wildman–Crippen LogP) is -7.19. The summed E-state index contributed by atoms with van der Waals surface area (Å²) in [6.07, 6.45) is -23.2. The highest BCUT2D eigenvalue weighted by Gasteiger charge is 2.55. The molecule has 0 radical (unpaired) electrons. The number of hydrogen-bond donors (Lipinski definition) is 10. The summed E-state index contributed by atoms with van der Waals surface area (Å²) in [5.74, 6) is 0. The van der Waals surface area contributed by atoms with Crippen LogP contribution in [0.3, 0.4) is 0 Å². The van der Waals surface area contributed by atoms with E-state index in [0.717, 1.165) is 0 Å². The van der Waals surface area contributed by atoms with Crippen LogP contribution in [0.1, 0.15) is 0 Å². The Balaban J connectivity index is 1.50. The van der Waals surface area contributed by atoms with Gasteiger partial charge in [-0.2, -0.15) is 0 Å². The predicted molar refractivity (Wildman–Crippen MR) is 110 cm³/mol. The average molecular weight is 546 g/mol. The van der Waals surface area contributed by atoms with Crippen LogP contribution >= 0.6 is 0 Å². The first kappa shape index (κ1) is 29.3. The second kappa shape index (κ2) is 12.2. The summed E-state index contributed by atoms with van der Waals surface area (Å²) < 4.78 is 38.2. The van der Waals surface area contributed by atoms with Crippen molar-refractivity contribution >= 4 is 0 Å². The van der Waals surface area contributed by atoms with Gasteiger partial charge in [0.2, 0.25) is 0 Å². The largest absolute Gasteiger partial charge is 0.394 e. The number of hydrogen-bond acceptors (Lipinski definition) is 17. The zero-order valence-electron chi connectivity index (χ0n) is 19.4. The lowest BCUT2D eigenvalue weighted by Crippen LogP contribution is -2.48. The summed E-state index contributed by atoms with van der Waals surface area (Å²) in [5, 5.41) is 99.5. The molecule has 0 aliphatic carbocycles. The molecule has 4 aliphatic rings. The van der Waals surface area contributed by atoms with Gasteiger partial charge in [0.05, 0.1) is 26.4 Å². The first-order valence-corrected chi connectivity index (χ1v) is 11.7. The minimum atomic E-state index is -1.67. The summed E-state index contributed by atoms with van der Waals surface area (Å²) in [4.78, 5) is 0. The van der Waals surface area contributed by atoms with Crippen molar-refractivity contribution in [2.45, 2.75) is 98.4 Å². The molecular formula is C20H34O17. The molecule has 16 atom stereocenters. The Bertz CT molecular complexity index is 731. The van der Waals surface area contributed by atoms with Gasteiger partial charge in [-0.15, -0.1) is 0 Å². The van der Waals surface area contributed by atoms with Crippen molar-refractivity contribution in [3.8, 4) is 0 Å². The molecule has 37 heavy (non-hydrogen) atoms. The van der Waals surface area contributed by atoms with Crippen molar-refractivity contribution in [3.05, 3.63) is 0 Å². The number of aliphatic hydroxyl groups is 10. The average Bonchev–Trinajstić information content (AvgIpc) is 3.54. The fourth-order valence-electron chi connectivity index (χ4n) is 4.67. The Hall–Kier alpha value is -0.680. The van der Waals surface area contributed by atoms with Gasteiger partial charge < -0.3 is 84.2 Å². The maximum absolute atomic E-state index is 10.7. The molecule has 4 saturated heterocycles. The van der Waals surface area contributed by atoms with Crippen molar-refractivity contribution in [1.29, 1.82) is 0 Å². The van der Waals surface area contributed by atoms with Gasteiger partial charge in [-0.05, 0) is 0 Å². The zero-order valence-corrected chi connectivity index (χ0v) is 19.4. The summed E-state index contributed by atoms with van der Waals surface area (Å²) in [6.45, 7) is -2.61. The molecule has 4 heterocycles. The SMILES string of the molecule is OC[C@@H]1O[C@H](O[C@H]2[C@@H](O[C@H]3[C@@H](O[C@@H]4[C@@H](O)[C@H](CO)O[C@H]4O)O[C@@H](CO)[C@@H]3O)O[C@@H](CO)[C@@H]2O)[C@H](O)[C@H]1O. The topological polar surface area (TPSA) is 267 Å². The minimum Gasteiger partial charge on any atom is -0.394 e. The Morgan fingerprint density at radius 2 is 0.757 bits per heavy atom. The second-order valence-electron chi connectivity index (χ2n) is 9.18. The van der Waals surface area contributed by atoms with Crippen LogP contribution in [-0.2, 0) is 33.2 Å². The second-order valence-corrected chi connectivity index (χ2v) is 9.18. The normalized spacial score (nSPS) is 52.4. The van der Waals surface area contributed by atoms with E-state index in [4.69, 9.17) is 33.2 Å². The molecule has 4 fully saturated rings. The van der Waals surface area contributed by atoms with Crippen LogP contribution in [0.5, 0.6) is 0 Å². The third kappa shape index (κ3) is 5.65. The quantitative estimate of drug-likeness (QED) is 0.122. The van der Waals surface area contributed by atoms with E-state index in [1.54, 1.807) is 0 Å². The van der Waals surface area contributed by atoms with Gasteiger partial charge in [-0.1, -0.05) is 0 Å². The van der Waals surface area contributed by atoms with Crippen LogP contribution in [0.4, 0.5) is 0 Å². The van der Waals surface area contributed by atoms with Gasteiger partial charge in [0.15, 0.2) is 25.2 Å². The lowest BCUT2D eigenvalue weighted by molar-refractivity contribution is -0.289. The lowest BCUT2D eigenvalue weighted by atomic mass is 10.1. The van der Waals surface area contributed by atoms with E-state index in [1.807, 2.05) is 0 Å². The van der Waals surface area contributed by atoms with E-state index in [0.29, 0.717) is 0 Å². The van der Waals surface area contributed by atoms with Crippen LogP contribution in [0.25, 0.3) is 0 Å². The fraction of sp³-hybridized carbons (Fsp3) is 1.00.